The number of carbonyl (C=O) groups is 1. The van der Waals surface area contributed by atoms with Gasteiger partial charge in [0.25, 0.3) is 5.91 Å². The lowest BCUT2D eigenvalue weighted by atomic mass is 10.0. The van der Waals surface area contributed by atoms with Gasteiger partial charge in [0.2, 0.25) is 0 Å². The second-order valence-corrected chi connectivity index (χ2v) is 3.45. The molecule has 0 radical (unpaired) electrons. The van der Waals surface area contributed by atoms with Crippen LogP contribution in [0.15, 0.2) is 12.3 Å². The van der Waals surface area contributed by atoms with Crippen LogP contribution in [0.2, 0.25) is 0 Å². The van der Waals surface area contributed by atoms with Crippen molar-refractivity contribution in [1.82, 2.24) is 4.98 Å². The number of aromatic nitrogens is 1. The molecule has 0 atom stereocenters. The Kier molecular flexibility index (Phi) is 2.66. The van der Waals surface area contributed by atoms with Gasteiger partial charge in [0.15, 0.2) is 0 Å². The molecule has 0 aromatic carbocycles. The highest BCUT2D eigenvalue weighted by molar-refractivity contribution is 5.92. The van der Waals surface area contributed by atoms with Gasteiger partial charge < -0.3 is 5.73 Å². The van der Waals surface area contributed by atoms with E-state index in [0.29, 0.717) is 11.6 Å². The highest BCUT2D eigenvalue weighted by atomic mass is 16.1. The minimum Gasteiger partial charge on any atom is -0.364 e. The summed E-state index contributed by atoms with van der Waals surface area (Å²) < 4.78 is 0. The molecule has 3 nitrogen and oxygen atoms in total. The predicted octanol–water partition coefficient (Wildman–Crippen LogP) is 1.61. The number of nitrogens with zero attached hydrogens (tertiary/aromatic N) is 1. The van der Waals surface area contributed by atoms with Crippen LogP contribution in [-0.4, -0.2) is 10.9 Å². The van der Waals surface area contributed by atoms with E-state index in [1.54, 1.807) is 6.20 Å². The van der Waals surface area contributed by atoms with Crippen molar-refractivity contribution in [2.45, 2.75) is 26.7 Å². The maximum Gasteiger partial charge on any atom is 0.267 e. The minimum atomic E-state index is -0.465. The van der Waals surface area contributed by atoms with Crippen molar-refractivity contribution in [3.63, 3.8) is 0 Å². The predicted molar refractivity (Wildman–Crippen MR) is 51.6 cm³/mol. The molecule has 70 valence electrons. The van der Waals surface area contributed by atoms with Gasteiger partial charge in [-0.2, -0.15) is 0 Å². The first-order valence-corrected chi connectivity index (χ1v) is 4.28. The molecule has 0 unspecified atom stereocenters. The number of hydrogen-bond donors (Lipinski definition) is 1. The number of carbonyl (C=O) groups excluding carboxylic acids is 1. The van der Waals surface area contributed by atoms with E-state index in [4.69, 9.17) is 5.73 Å². The van der Waals surface area contributed by atoms with Gasteiger partial charge in [0, 0.05) is 6.20 Å². The third kappa shape index (κ3) is 2.05. The Labute approximate surface area is 78.0 Å². The number of primary amides is 1. The molecule has 0 aliphatic heterocycles. The molecule has 0 fully saturated rings. The molecule has 1 aromatic rings. The van der Waals surface area contributed by atoms with E-state index in [2.05, 4.69) is 18.8 Å². The third-order valence-electron chi connectivity index (χ3n) is 2.00. The van der Waals surface area contributed by atoms with Gasteiger partial charge in [-0.25, -0.2) is 0 Å². The average molecular weight is 178 g/mol. The standard InChI is InChI=1S/C10H14N2O/c1-6(2)8-4-7(3)9(10(11)13)12-5-8/h4-6H,1-3H3,(H2,11,13). The number of nitrogens with two attached hydrogens (primary N) is 1. The van der Waals surface area contributed by atoms with Gasteiger partial charge in [-0.1, -0.05) is 19.9 Å². The zero-order valence-corrected chi connectivity index (χ0v) is 8.16. The first-order valence-electron chi connectivity index (χ1n) is 4.28. The van der Waals surface area contributed by atoms with E-state index in [1.165, 1.54) is 0 Å². The second kappa shape index (κ2) is 3.56. The lowest BCUT2D eigenvalue weighted by Gasteiger charge is -2.07. The number of rotatable bonds is 2. The number of amides is 1. The van der Waals surface area contributed by atoms with Crippen LogP contribution in [0.5, 0.6) is 0 Å². The van der Waals surface area contributed by atoms with Gasteiger partial charge in [0.05, 0.1) is 0 Å². The molecule has 1 aromatic heterocycles. The molecule has 0 bridgehead atoms. The molecule has 0 saturated carbocycles. The summed E-state index contributed by atoms with van der Waals surface area (Å²) in [6.45, 7) is 6.01. The van der Waals surface area contributed by atoms with Crippen molar-refractivity contribution in [2.24, 2.45) is 5.73 Å². The number of hydrogen-bond acceptors (Lipinski definition) is 2. The van der Waals surface area contributed by atoms with Crippen LogP contribution in [-0.2, 0) is 0 Å². The topological polar surface area (TPSA) is 56.0 Å². The molecule has 0 aliphatic rings. The van der Waals surface area contributed by atoms with Crippen LogP contribution in [0, 0.1) is 6.92 Å². The molecule has 1 amide bonds. The van der Waals surface area contributed by atoms with Crippen molar-refractivity contribution in [2.75, 3.05) is 0 Å². The second-order valence-electron chi connectivity index (χ2n) is 3.45. The highest BCUT2D eigenvalue weighted by Gasteiger charge is 2.08. The highest BCUT2D eigenvalue weighted by Crippen LogP contribution is 2.15. The summed E-state index contributed by atoms with van der Waals surface area (Å²) in [5.74, 6) is -0.0408. The molecule has 0 aliphatic carbocycles. The quantitative estimate of drug-likeness (QED) is 0.748. The fraction of sp³-hybridized carbons (Fsp3) is 0.400. The summed E-state index contributed by atoms with van der Waals surface area (Å²) in [7, 11) is 0. The normalized spacial score (nSPS) is 10.5. The van der Waals surface area contributed by atoms with Crippen LogP contribution < -0.4 is 5.73 Å². The van der Waals surface area contributed by atoms with Gasteiger partial charge in [-0.05, 0) is 24.0 Å². The average Bonchev–Trinajstić information content (AvgIpc) is 2.03. The lowest BCUT2D eigenvalue weighted by Crippen LogP contribution is -2.15. The van der Waals surface area contributed by atoms with Gasteiger partial charge in [-0.15, -0.1) is 0 Å². The summed E-state index contributed by atoms with van der Waals surface area (Å²) in [6, 6.07) is 1.96. The Morgan fingerprint density at radius 1 is 1.54 bits per heavy atom. The molecule has 2 N–H and O–H groups in total. The fourth-order valence-corrected chi connectivity index (χ4v) is 1.17. The van der Waals surface area contributed by atoms with Crippen LogP contribution >= 0.6 is 0 Å². The fourth-order valence-electron chi connectivity index (χ4n) is 1.17. The largest absolute Gasteiger partial charge is 0.364 e. The van der Waals surface area contributed by atoms with Gasteiger partial charge in [0.1, 0.15) is 5.69 Å². The lowest BCUT2D eigenvalue weighted by molar-refractivity contribution is 0.0995. The summed E-state index contributed by atoms with van der Waals surface area (Å²) in [6.07, 6.45) is 1.71. The SMILES string of the molecule is Cc1cc(C(C)C)cnc1C(N)=O. The first-order chi connectivity index (χ1) is 6.02. The molecule has 0 saturated heterocycles. The minimum absolute atomic E-state index is 0.365. The Morgan fingerprint density at radius 3 is 2.54 bits per heavy atom. The maximum atomic E-state index is 10.9. The summed E-state index contributed by atoms with van der Waals surface area (Å²) in [5.41, 5.74) is 7.48. The monoisotopic (exact) mass is 178 g/mol. The molecule has 3 heteroatoms. The Bertz CT molecular complexity index is 332. The number of pyridine rings is 1. The molecule has 0 spiro atoms. The van der Waals surface area contributed by atoms with E-state index < -0.39 is 5.91 Å². The van der Waals surface area contributed by atoms with Crippen LogP contribution in [0.4, 0.5) is 0 Å². The van der Waals surface area contributed by atoms with E-state index in [-0.39, 0.29) is 0 Å². The van der Waals surface area contributed by atoms with Crippen molar-refractivity contribution < 1.29 is 4.79 Å². The number of aryl methyl sites for hydroxylation is 1. The van der Waals surface area contributed by atoms with Crippen LogP contribution in [0.1, 0.15) is 41.4 Å². The maximum absolute atomic E-state index is 10.9. The summed E-state index contributed by atoms with van der Waals surface area (Å²) in [5, 5.41) is 0. The summed E-state index contributed by atoms with van der Waals surface area (Å²) >= 11 is 0. The van der Waals surface area contributed by atoms with E-state index in [0.717, 1.165) is 11.1 Å². The molecule has 13 heavy (non-hydrogen) atoms. The smallest absolute Gasteiger partial charge is 0.267 e. The third-order valence-corrected chi connectivity index (χ3v) is 2.00. The molecule has 1 heterocycles. The van der Waals surface area contributed by atoms with Crippen molar-refractivity contribution in [3.8, 4) is 0 Å². The van der Waals surface area contributed by atoms with Crippen molar-refractivity contribution >= 4 is 5.91 Å². The van der Waals surface area contributed by atoms with Crippen LogP contribution in [0.25, 0.3) is 0 Å². The molecular formula is C10H14N2O. The van der Waals surface area contributed by atoms with E-state index in [1.807, 2.05) is 13.0 Å². The van der Waals surface area contributed by atoms with E-state index in [9.17, 15) is 4.79 Å². The molecular weight excluding hydrogens is 164 g/mol. The Morgan fingerprint density at radius 2 is 2.15 bits per heavy atom. The first kappa shape index (κ1) is 9.71. The van der Waals surface area contributed by atoms with Gasteiger partial charge >= 0.3 is 0 Å². The zero-order chi connectivity index (χ0) is 10.0. The Balaban J connectivity index is 3.13. The zero-order valence-electron chi connectivity index (χ0n) is 8.16. The van der Waals surface area contributed by atoms with Crippen molar-refractivity contribution in [3.05, 3.63) is 29.1 Å². The molecule has 1 rings (SSSR count). The van der Waals surface area contributed by atoms with Crippen LogP contribution in [0.3, 0.4) is 0 Å². The van der Waals surface area contributed by atoms with Gasteiger partial charge in [-0.3, -0.25) is 9.78 Å². The Hall–Kier alpha value is -1.38. The van der Waals surface area contributed by atoms with Crippen molar-refractivity contribution in [1.29, 1.82) is 0 Å². The van der Waals surface area contributed by atoms with E-state index >= 15 is 0 Å². The summed E-state index contributed by atoms with van der Waals surface area (Å²) in [4.78, 5) is 14.9.